The number of amides is 1. The molecule has 1 aromatic carbocycles. The molecule has 0 atom stereocenters. The van der Waals surface area contributed by atoms with E-state index in [9.17, 15) is 4.79 Å². The van der Waals surface area contributed by atoms with Gasteiger partial charge in [0.05, 0.1) is 5.69 Å². The highest BCUT2D eigenvalue weighted by atomic mass is 32.1. The van der Waals surface area contributed by atoms with E-state index in [0.717, 1.165) is 22.4 Å². The lowest BCUT2D eigenvalue weighted by atomic mass is 10.1. The van der Waals surface area contributed by atoms with Gasteiger partial charge in [0.25, 0.3) is 5.91 Å². The first-order valence-electron chi connectivity index (χ1n) is 8.56. The average molecular weight is 371 g/mol. The highest BCUT2D eigenvalue weighted by Gasteiger charge is 2.07. The smallest absolute Gasteiger partial charge is 0.251 e. The molecule has 0 bridgehead atoms. The molecule has 1 N–H and O–H groups in total. The molecule has 132 valence electrons. The fraction of sp³-hybridized carbons (Fsp3) is 0.0455. The third-order valence-electron chi connectivity index (χ3n) is 4.24. The fourth-order valence-corrected chi connectivity index (χ4v) is 3.45. The maximum absolute atomic E-state index is 12.4. The summed E-state index contributed by atoms with van der Waals surface area (Å²) < 4.78 is 0. The van der Waals surface area contributed by atoms with Gasteiger partial charge in [-0.25, -0.2) is 0 Å². The lowest BCUT2D eigenvalue weighted by Crippen LogP contribution is -2.22. The SMILES string of the molecule is O=C(NCc1ccnc(-c2cccnc2)c1)c1ccc(-c2ccsc2)cc1. The summed E-state index contributed by atoms with van der Waals surface area (Å²) in [5.41, 5.74) is 5.72. The monoisotopic (exact) mass is 371 g/mol. The van der Waals surface area contributed by atoms with Crippen LogP contribution >= 0.6 is 11.3 Å². The Hall–Kier alpha value is -3.31. The minimum atomic E-state index is -0.0911. The van der Waals surface area contributed by atoms with E-state index < -0.39 is 0 Å². The van der Waals surface area contributed by atoms with Gasteiger partial charge in [-0.3, -0.25) is 14.8 Å². The van der Waals surface area contributed by atoms with E-state index >= 15 is 0 Å². The van der Waals surface area contributed by atoms with Gasteiger partial charge in [-0.2, -0.15) is 11.3 Å². The molecule has 0 aliphatic carbocycles. The standard InChI is InChI=1S/C22H17N3OS/c26-22(18-5-3-17(4-6-18)20-8-11-27-15-20)25-13-16-7-10-24-21(12-16)19-2-1-9-23-14-19/h1-12,14-15H,13H2,(H,25,26). The summed E-state index contributed by atoms with van der Waals surface area (Å²) in [6.07, 6.45) is 5.26. The van der Waals surface area contributed by atoms with E-state index in [1.54, 1.807) is 29.9 Å². The van der Waals surface area contributed by atoms with Crippen LogP contribution in [0.15, 0.2) is 83.9 Å². The quantitative estimate of drug-likeness (QED) is 0.548. The van der Waals surface area contributed by atoms with Crippen LogP contribution < -0.4 is 5.32 Å². The van der Waals surface area contributed by atoms with Crippen molar-refractivity contribution in [2.75, 3.05) is 0 Å². The van der Waals surface area contributed by atoms with Crippen molar-refractivity contribution in [3.63, 3.8) is 0 Å². The second-order valence-electron chi connectivity index (χ2n) is 6.06. The summed E-state index contributed by atoms with van der Waals surface area (Å²) in [5.74, 6) is -0.0911. The van der Waals surface area contributed by atoms with E-state index in [2.05, 4.69) is 26.7 Å². The van der Waals surface area contributed by atoms with Crippen LogP contribution in [0.5, 0.6) is 0 Å². The molecule has 0 fully saturated rings. The summed E-state index contributed by atoms with van der Waals surface area (Å²) in [5, 5.41) is 7.11. The molecule has 27 heavy (non-hydrogen) atoms. The molecule has 1 amide bonds. The number of hydrogen-bond donors (Lipinski definition) is 1. The number of aromatic nitrogens is 2. The van der Waals surface area contributed by atoms with Crippen molar-refractivity contribution in [1.82, 2.24) is 15.3 Å². The minimum absolute atomic E-state index is 0.0911. The van der Waals surface area contributed by atoms with Crippen molar-refractivity contribution in [1.29, 1.82) is 0 Å². The Morgan fingerprint density at radius 3 is 2.59 bits per heavy atom. The number of hydrogen-bond acceptors (Lipinski definition) is 4. The molecular formula is C22H17N3OS. The number of pyridine rings is 2. The lowest BCUT2D eigenvalue weighted by molar-refractivity contribution is 0.0951. The maximum atomic E-state index is 12.4. The van der Waals surface area contributed by atoms with Crippen LogP contribution in [-0.2, 0) is 6.54 Å². The summed E-state index contributed by atoms with van der Waals surface area (Å²) in [6.45, 7) is 0.445. The lowest BCUT2D eigenvalue weighted by Gasteiger charge is -2.08. The van der Waals surface area contributed by atoms with Gasteiger partial charge in [-0.05, 0) is 69.9 Å². The molecule has 0 aliphatic rings. The Kier molecular flexibility index (Phi) is 5.03. The van der Waals surface area contributed by atoms with Crippen LogP contribution in [0.25, 0.3) is 22.4 Å². The van der Waals surface area contributed by atoms with Gasteiger partial charge >= 0.3 is 0 Å². The Morgan fingerprint density at radius 1 is 0.963 bits per heavy atom. The molecule has 4 rings (SSSR count). The van der Waals surface area contributed by atoms with Gasteiger partial charge in [-0.1, -0.05) is 12.1 Å². The number of rotatable bonds is 5. The van der Waals surface area contributed by atoms with Crippen LogP contribution in [0.4, 0.5) is 0 Å². The van der Waals surface area contributed by atoms with Gasteiger partial charge in [-0.15, -0.1) is 0 Å². The minimum Gasteiger partial charge on any atom is -0.348 e. The molecule has 0 saturated heterocycles. The van der Waals surface area contributed by atoms with E-state index in [0.29, 0.717) is 12.1 Å². The van der Waals surface area contributed by atoms with Gasteiger partial charge in [0.1, 0.15) is 0 Å². The third-order valence-corrected chi connectivity index (χ3v) is 4.92. The number of carbonyl (C=O) groups excluding carboxylic acids is 1. The molecule has 0 aliphatic heterocycles. The molecule has 4 nitrogen and oxygen atoms in total. The first-order chi connectivity index (χ1) is 13.3. The van der Waals surface area contributed by atoms with Crippen LogP contribution in [0.3, 0.4) is 0 Å². The molecule has 0 spiro atoms. The van der Waals surface area contributed by atoms with E-state index in [4.69, 9.17) is 0 Å². The Labute approximate surface area is 161 Å². The number of benzene rings is 1. The van der Waals surface area contributed by atoms with Crippen molar-refractivity contribution >= 4 is 17.2 Å². The maximum Gasteiger partial charge on any atom is 0.251 e. The van der Waals surface area contributed by atoms with Crippen molar-refractivity contribution in [2.45, 2.75) is 6.54 Å². The first kappa shape index (κ1) is 17.1. The Balaban J connectivity index is 1.42. The second kappa shape index (κ2) is 7.93. The van der Waals surface area contributed by atoms with Crippen LogP contribution in [-0.4, -0.2) is 15.9 Å². The summed E-state index contributed by atoms with van der Waals surface area (Å²) >= 11 is 1.66. The zero-order valence-corrected chi connectivity index (χ0v) is 15.3. The van der Waals surface area contributed by atoms with Gasteiger partial charge in [0.15, 0.2) is 0 Å². The number of nitrogens with one attached hydrogen (secondary N) is 1. The predicted octanol–water partition coefficient (Wildman–Crippen LogP) is 4.80. The Morgan fingerprint density at radius 2 is 1.85 bits per heavy atom. The first-order valence-corrected chi connectivity index (χ1v) is 9.50. The van der Waals surface area contributed by atoms with Crippen LogP contribution in [0.1, 0.15) is 15.9 Å². The molecule has 0 saturated carbocycles. The average Bonchev–Trinajstić information content (AvgIpc) is 3.28. The largest absolute Gasteiger partial charge is 0.348 e. The molecule has 4 aromatic rings. The van der Waals surface area contributed by atoms with Gasteiger partial charge < -0.3 is 5.32 Å². The molecule has 3 aromatic heterocycles. The fourth-order valence-electron chi connectivity index (χ4n) is 2.78. The van der Waals surface area contributed by atoms with Crippen LogP contribution in [0.2, 0.25) is 0 Å². The topological polar surface area (TPSA) is 54.9 Å². The van der Waals surface area contributed by atoms with E-state index in [1.807, 2.05) is 53.9 Å². The third kappa shape index (κ3) is 4.10. The van der Waals surface area contributed by atoms with Crippen molar-refractivity contribution in [2.24, 2.45) is 0 Å². The summed E-state index contributed by atoms with van der Waals surface area (Å²) in [6, 6.07) is 17.5. The van der Waals surface area contributed by atoms with E-state index in [-0.39, 0.29) is 5.91 Å². The molecule has 0 radical (unpaired) electrons. The number of nitrogens with zero attached hydrogens (tertiary/aromatic N) is 2. The number of carbonyl (C=O) groups is 1. The van der Waals surface area contributed by atoms with Crippen molar-refractivity contribution < 1.29 is 4.79 Å². The van der Waals surface area contributed by atoms with Gasteiger partial charge in [0.2, 0.25) is 0 Å². The normalized spacial score (nSPS) is 10.5. The highest BCUT2D eigenvalue weighted by Crippen LogP contribution is 2.22. The van der Waals surface area contributed by atoms with Crippen molar-refractivity contribution in [3.05, 3.63) is 95.1 Å². The molecule has 0 unspecified atom stereocenters. The molecule has 5 heteroatoms. The predicted molar refractivity (Wildman–Crippen MR) is 108 cm³/mol. The number of thiophene rings is 1. The zero-order chi connectivity index (χ0) is 18.5. The second-order valence-corrected chi connectivity index (χ2v) is 6.84. The van der Waals surface area contributed by atoms with Crippen molar-refractivity contribution in [3.8, 4) is 22.4 Å². The summed E-state index contributed by atoms with van der Waals surface area (Å²) in [7, 11) is 0. The Bertz CT molecular complexity index is 1030. The van der Waals surface area contributed by atoms with E-state index in [1.165, 1.54) is 5.56 Å². The van der Waals surface area contributed by atoms with Crippen LogP contribution in [0, 0.1) is 0 Å². The molecule has 3 heterocycles. The highest BCUT2D eigenvalue weighted by molar-refractivity contribution is 7.08. The molecular weight excluding hydrogens is 354 g/mol. The summed E-state index contributed by atoms with van der Waals surface area (Å²) in [4.78, 5) is 20.9. The van der Waals surface area contributed by atoms with Gasteiger partial charge in [0, 0.05) is 36.3 Å². The zero-order valence-electron chi connectivity index (χ0n) is 14.5.